The number of benzene rings is 1. The molecule has 18 heavy (non-hydrogen) atoms. The number of halogens is 1. The van der Waals surface area contributed by atoms with Crippen molar-refractivity contribution in [1.82, 2.24) is 10.2 Å². The number of nitrogens with zero attached hydrogens (tertiary/aromatic N) is 2. The summed E-state index contributed by atoms with van der Waals surface area (Å²) in [6.45, 7) is 4.23. The quantitative estimate of drug-likeness (QED) is 0.887. The van der Waals surface area contributed by atoms with Gasteiger partial charge in [-0.25, -0.2) is 0 Å². The van der Waals surface area contributed by atoms with Crippen LogP contribution >= 0.6 is 22.9 Å². The predicted octanol–water partition coefficient (Wildman–Crippen LogP) is 4.32. The van der Waals surface area contributed by atoms with Crippen LogP contribution in [-0.4, -0.2) is 10.2 Å². The van der Waals surface area contributed by atoms with Crippen molar-refractivity contribution in [3.63, 3.8) is 0 Å². The zero-order valence-corrected chi connectivity index (χ0v) is 12.1. The first kappa shape index (κ1) is 13.3. The van der Waals surface area contributed by atoms with Gasteiger partial charge in [-0.05, 0) is 30.5 Å². The Morgan fingerprint density at radius 2 is 1.94 bits per heavy atom. The Balaban J connectivity index is 2.11. The molecule has 2 aromatic rings. The zero-order valence-electron chi connectivity index (χ0n) is 10.5. The van der Waals surface area contributed by atoms with E-state index in [1.54, 1.807) is 11.3 Å². The third-order valence-electron chi connectivity index (χ3n) is 2.75. The largest absolute Gasteiger partial charge is 0.353 e. The molecule has 0 spiro atoms. The van der Waals surface area contributed by atoms with Crippen molar-refractivity contribution in [2.24, 2.45) is 0 Å². The molecule has 2 rings (SSSR count). The lowest BCUT2D eigenvalue weighted by atomic mass is 10.1. The van der Waals surface area contributed by atoms with Crippen LogP contribution < -0.4 is 5.32 Å². The Kier molecular flexibility index (Phi) is 4.55. The average molecular weight is 282 g/mol. The van der Waals surface area contributed by atoms with Crippen molar-refractivity contribution in [3.05, 3.63) is 39.9 Å². The van der Waals surface area contributed by atoms with Crippen LogP contribution in [0, 0.1) is 0 Å². The van der Waals surface area contributed by atoms with Crippen LogP contribution in [0.2, 0.25) is 5.02 Å². The van der Waals surface area contributed by atoms with Crippen LogP contribution in [0.5, 0.6) is 0 Å². The number of anilines is 1. The predicted molar refractivity (Wildman–Crippen MR) is 77.4 cm³/mol. The van der Waals surface area contributed by atoms with Crippen LogP contribution in [0.3, 0.4) is 0 Å². The Morgan fingerprint density at radius 1 is 1.22 bits per heavy atom. The van der Waals surface area contributed by atoms with Gasteiger partial charge in [-0.15, -0.1) is 10.2 Å². The van der Waals surface area contributed by atoms with Gasteiger partial charge < -0.3 is 5.32 Å². The fourth-order valence-corrected chi connectivity index (χ4v) is 2.58. The van der Waals surface area contributed by atoms with E-state index in [1.807, 2.05) is 24.3 Å². The van der Waals surface area contributed by atoms with Gasteiger partial charge in [0.25, 0.3) is 0 Å². The van der Waals surface area contributed by atoms with Gasteiger partial charge in [-0.3, -0.25) is 0 Å². The maximum absolute atomic E-state index is 5.90. The number of hydrogen-bond donors (Lipinski definition) is 1. The number of aromatic nitrogens is 2. The Hall–Kier alpha value is -1.13. The maximum atomic E-state index is 5.90. The summed E-state index contributed by atoms with van der Waals surface area (Å²) in [5.41, 5.74) is 1.22. The van der Waals surface area contributed by atoms with E-state index in [2.05, 4.69) is 29.4 Å². The molecule has 0 saturated carbocycles. The molecule has 1 aromatic heterocycles. The molecule has 0 bridgehead atoms. The minimum absolute atomic E-state index is 0.250. The van der Waals surface area contributed by atoms with Gasteiger partial charge in [0, 0.05) is 5.02 Å². The van der Waals surface area contributed by atoms with Crippen LogP contribution in [0.4, 0.5) is 5.13 Å². The summed E-state index contributed by atoms with van der Waals surface area (Å²) in [7, 11) is 0. The van der Waals surface area contributed by atoms with Gasteiger partial charge >= 0.3 is 0 Å². The van der Waals surface area contributed by atoms with Crippen molar-refractivity contribution in [2.75, 3.05) is 5.32 Å². The summed E-state index contributed by atoms with van der Waals surface area (Å²) >= 11 is 7.52. The first-order valence-corrected chi connectivity index (χ1v) is 7.26. The summed E-state index contributed by atoms with van der Waals surface area (Å²) in [6, 6.07) is 8.17. The average Bonchev–Trinajstić information content (AvgIpc) is 2.85. The molecule has 96 valence electrons. The second-order valence-corrected chi connectivity index (χ2v) is 5.51. The van der Waals surface area contributed by atoms with E-state index >= 15 is 0 Å². The Bertz CT molecular complexity index is 495. The lowest BCUT2D eigenvalue weighted by Gasteiger charge is -2.16. The molecular formula is C13H16ClN3S. The van der Waals surface area contributed by atoms with Crippen LogP contribution in [0.15, 0.2) is 24.3 Å². The molecule has 0 aliphatic rings. The topological polar surface area (TPSA) is 37.8 Å². The van der Waals surface area contributed by atoms with E-state index in [0.29, 0.717) is 0 Å². The third kappa shape index (κ3) is 3.21. The molecule has 0 aliphatic heterocycles. The van der Waals surface area contributed by atoms with E-state index < -0.39 is 0 Å². The zero-order chi connectivity index (χ0) is 13.0. The molecule has 0 aliphatic carbocycles. The van der Waals surface area contributed by atoms with E-state index in [4.69, 9.17) is 11.6 Å². The lowest BCUT2D eigenvalue weighted by Crippen LogP contribution is -2.09. The molecule has 0 radical (unpaired) electrons. The smallest absolute Gasteiger partial charge is 0.206 e. The second kappa shape index (κ2) is 6.16. The molecular weight excluding hydrogens is 266 g/mol. The van der Waals surface area contributed by atoms with Crippen molar-refractivity contribution < 1.29 is 0 Å². The van der Waals surface area contributed by atoms with Gasteiger partial charge in [-0.2, -0.15) is 0 Å². The number of nitrogens with one attached hydrogen (secondary N) is 1. The first-order valence-electron chi connectivity index (χ1n) is 6.07. The number of hydrogen-bond acceptors (Lipinski definition) is 4. The van der Waals surface area contributed by atoms with Crippen molar-refractivity contribution in [1.29, 1.82) is 0 Å². The highest BCUT2D eigenvalue weighted by Crippen LogP contribution is 2.25. The van der Waals surface area contributed by atoms with Crippen molar-refractivity contribution in [2.45, 2.75) is 32.7 Å². The van der Waals surface area contributed by atoms with Crippen LogP contribution in [-0.2, 0) is 6.42 Å². The summed E-state index contributed by atoms with van der Waals surface area (Å²) in [5.74, 6) is 0. The van der Waals surface area contributed by atoms with E-state index in [9.17, 15) is 0 Å². The highest BCUT2D eigenvalue weighted by Gasteiger charge is 2.11. The fraction of sp³-hybridized carbons (Fsp3) is 0.385. The summed E-state index contributed by atoms with van der Waals surface area (Å²) in [6.07, 6.45) is 1.92. The normalized spacial score (nSPS) is 12.4. The first-order chi connectivity index (χ1) is 8.72. The van der Waals surface area contributed by atoms with Gasteiger partial charge in [0.1, 0.15) is 5.01 Å². The highest BCUT2D eigenvalue weighted by molar-refractivity contribution is 7.15. The number of aryl methyl sites for hydroxylation is 1. The van der Waals surface area contributed by atoms with Crippen molar-refractivity contribution >= 4 is 28.1 Å². The van der Waals surface area contributed by atoms with Crippen molar-refractivity contribution in [3.8, 4) is 0 Å². The lowest BCUT2D eigenvalue weighted by molar-refractivity contribution is 0.745. The fourth-order valence-electron chi connectivity index (χ4n) is 1.72. The molecule has 0 amide bonds. The molecule has 1 heterocycles. The molecule has 1 aromatic carbocycles. The highest BCUT2D eigenvalue weighted by atomic mass is 35.5. The summed E-state index contributed by atoms with van der Waals surface area (Å²) < 4.78 is 0. The van der Waals surface area contributed by atoms with Gasteiger partial charge in [0.2, 0.25) is 5.13 Å². The van der Waals surface area contributed by atoms with E-state index in [1.165, 1.54) is 5.56 Å². The Morgan fingerprint density at radius 3 is 2.50 bits per heavy atom. The molecule has 3 nitrogen and oxygen atoms in total. The third-order valence-corrected chi connectivity index (χ3v) is 4.00. The van der Waals surface area contributed by atoms with E-state index in [-0.39, 0.29) is 6.04 Å². The molecule has 1 atom stereocenters. The number of rotatable bonds is 5. The Labute approximate surface area is 116 Å². The maximum Gasteiger partial charge on any atom is 0.206 e. The summed E-state index contributed by atoms with van der Waals surface area (Å²) in [5, 5.41) is 14.4. The second-order valence-electron chi connectivity index (χ2n) is 4.01. The minimum Gasteiger partial charge on any atom is -0.353 e. The molecule has 5 heteroatoms. The van der Waals surface area contributed by atoms with Gasteiger partial charge in [0.05, 0.1) is 6.04 Å². The SMILES string of the molecule is CCc1nnc(NC(CC)c2ccc(Cl)cc2)s1. The van der Waals surface area contributed by atoms with E-state index in [0.717, 1.165) is 28.0 Å². The molecule has 0 saturated heterocycles. The van der Waals surface area contributed by atoms with Crippen LogP contribution in [0.25, 0.3) is 0 Å². The molecule has 1 N–H and O–H groups in total. The minimum atomic E-state index is 0.250. The molecule has 0 fully saturated rings. The van der Waals surface area contributed by atoms with Gasteiger partial charge in [-0.1, -0.05) is 48.9 Å². The van der Waals surface area contributed by atoms with Crippen LogP contribution in [0.1, 0.15) is 36.9 Å². The summed E-state index contributed by atoms with van der Waals surface area (Å²) in [4.78, 5) is 0. The monoisotopic (exact) mass is 281 g/mol. The standard InChI is InChI=1S/C13H16ClN3S/c1-3-11(9-5-7-10(14)8-6-9)15-13-17-16-12(4-2)18-13/h5-8,11H,3-4H2,1-2H3,(H,15,17). The molecule has 1 unspecified atom stereocenters. The van der Waals surface area contributed by atoms with Gasteiger partial charge in [0.15, 0.2) is 0 Å².